The number of hydrogen-bond acceptors (Lipinski definition) is 4. The molecule has 1 saturated heterocycles. The number of nitrogens with zero attached hydrogens (tertiary/aromatic N) is 1. The van der Waals surface area contributed by atoms with Gasteiger partial charge in [0.25, 0.3) is 0 Å². The summed E-state index contributed by atoms with van der Waals surface area (Å²) in [4.78, 5) is 5.77. The van der Waals surface area contributed by atoms with E-state index in [1.165, 1.54) is 43.4 Å². The molecule has 1 aromatic heterocycles. The second-order valence-corrected chi connectivity index (χ2v) is 6.62. The molecular weight excluding hydrogens is 256 g/mol. The summed E-state index contributed by atoms with van der Waals surface area (Å²) in [7, 11) is 0. The Hall–Kier alpha value is -0.450. The van der Waals surface area contributed by atoms with E-state index in [0.717, 1.165) is 18.2 Å². The van der Waals surface area contributed by atoms with Crippen LogP contribution in [-0.2, 0) is 4.74 Å². The molecule has 1 N–H and O–H groups in total. The average Bonchev–Trinajstić information content (AvgIpc) is 3.05. The van der Waals surface area contributed by atoms with Crippen molar-refractivity contribution in [3.05, 3.63) is 16.1 Å². The predicted molar refractivity (Wildman–Crippen MR) is 80.7 cm³/mol. The van der Waals surface area contributed by atoms with Gasteiger partial charge in [-0.3, -0.25) is 0 Å². The first-order valence-electron chi connectivity index (χ1n) is 7.57. The van der Waals surface area contributed by atoms with Crippen molar-refractivity contribution < 1.29 is 4.74 Å². The van der Waals surface area contributed by atoms with Crippen molar-refractivity contribution in [2.75, 3.05) is 13.2 Å². The quantitative estimate of drug-likeness (QED) is 0.786. The van der Waals surface area contributed by atoms with Crippen LogP contribution in [0, 0.1) is 6.92 Å². The van der Waals surface area contributed by atoms with E-state index in [1.54, 1.807) is 0 Å². The summed E-state index contributed by atoms with van der Waals surface area (Å²) >= 11 is 1.82. The van der Waals surface area contributed by atoms with Gasteiger partial charge >= 0.3 is 0 Å². The Morgan fingerprint density at radius 2 is 2.47 bits per heavy atom. The van der Waals surface area contributed by atoms with Crippen molar-refractivity contribution in [3.63, 3.8) is 0 Å². The molecule has 108 valence electrons. The Morgan fingerprint density at radius 3 is 3.11 bits per heavy atom. The van der Waals surface area contributed by atoms with Gasteiger partial charge in [-0.25, -0.2) is 4.98 Å². The van der Waals surface area contributed by atoms with Crippen molar-refractivity contribution in [1.82, 2.24) is 10.3 Å². The second kappa shape index (κ2) is 7.98. The minimum absolute atomic E-state index is 0.479. The molecule has 0 radical (unpaired) electrons. The Morgan fingerprint density at radius 1 is 1.58 bits per heavy atom. The molecule has 1 aliphatic rings. The highest BCUT2D eigenvalue weighted by Crippen LogP contribution is 2.26. The Labute approximate surface area is 120 Å². The van der Waals surface area contributed by atoms with Crippen LogP contribution < -0.4 is 5.32 Å². The molecule has 0 saturated carbocycles. The van der Waals surface area contributed by atoms with Crippen LogP contribution in [0.2, 0.25) is 0 Å². The summed E-state index contributed by atoms with van der Waals surface area (Å²) in [6, 6.07) is 0.479. The number of ether oxygens (including phenoxy) is 1. The maximum Gasteiger partial charge on any atom is 0.0897 e. The topological polar surface area (TPSA) is 34.1 Å². The van der Waals surface area contributed by atoms with E-state index in [-0.39, 0.29) is 0 Å². The van der Waals surface area contributed by atoms with Crippen molar-refractivity contribution in [2.24, 2.45) is 0 Å². The van der Waals surface area contributed by atoms with Crippen molar-refractivity contribution in [1.29, 1.82) is 0 Å². The number of nitrogens with one attached hydrogen (secondary N) is 1. The van der Waals surface area contributed by atoms with Crippen molar-refractivity contribution in [3.8, 4) is 0 Å². The van der Waals surface area contributed by atoms with Gasteiger partial charge < -0.3 is 10.1 Å². The molecule has 0 aromatic carbocycles. The Balaban J connectivity index is 1.79. The SMILES string of the molecule is CCCNC(CCCC1CCCO1)c1cnc(C)s1. The molecule has 0 spiro atoms. The molecule has 2 heterocycles. The van der Waals surface area contributed by atoms with Gasteiger partial charge in [0, 0.05) is 23.7 Å². The van der Waals surface area contributed by atoms with Crippen molar-refractivity contribution in [2.45, 2.75) is 64.5 Å². The molecule has 4 heteroatoms. The number of thiazole rings is 1. The summed E-state index contributed by atoms with van der Waals surface area (Å²) < 4.78 is 5.70. The first kappa shape index (κ1) is 14.9. The lowest BCUT2D eigenvalue weighted by Gasteiger charge is -2.17. The van der Waals surface area contributed by atoms with Gasteiger partial charge in [0.2, 0.25) is 0 Å². The Kier molecular flexibility index (Phi) is 6.28. The van der Waals surface area contributed by atoms with Crippen LogP contribution in [0.4, 0.5) is 0 Å². The van der Waals surface area contributed by atoms with E-state index in [9.17, 15) is 0 Å². The molecule has 1 aliphatic heterocycles. The maximum atomic E-state index is 5.70. The molecule has 0 amide bonds. The molecule has 2 rings (SSSR count). The lowest BCUT2D eigenvalue weighted by Crippen LogP contribution is -2.21. The molecule has 1 aromatic rings. The van der Waals surface area contributed by atoms with E-state index in [0.29, 0.717) is 12.1 Å². The largest absolute Gasteiger partial charge is 0.378 e. The summed E-state index contributed by atoms with van der Waals surface area (Å²) in [5, 5.41) is 4.82. The van der Waals surface area contributed by atoms with E-state index < -0.39 is 0 Å². The van der Waals surface area contributed by atoms with Crippen LogP contribution in [-0.4, -0.2) is 24.2 Å². The van der Waals surface area contributed by atoms with E-state index in [1.807, 2.05) is 17.5 Å². The second-order valence-electron chi connectivity index (χ2n) is 5.35. The zero-order chi connectivity index (χ0) is 13.5. The van der Waals surface area contributed by atoms with Gasteiger partial charge in [0.15, 0.2) is 0 Å². The molecule has 2 atom stereocenters. The molecule has 2 unspecified atom stereocenters. The molecule has 1 fully saturated rings. The summed E-state index contributed by atoms with van der Waals surface area (Å²) in [6.07, 6.45) is 9.89. The lowest BCUT2D eigenvalue weighted by atomic mass is 10.0. The lowest BCUT2D eigenvalue weighted by molar-refractivity contribution is 0.101. The van der Waals surface area contributed by atoms with Crippen LogP contribution in [0.1, 0.15) is 61.4 Å². The third-order valence-corrected chi connectivity index (χ3v) is 4.69. The van der Waals surface area contributed by atoms with Gasteiger partial charge in [-0.1, -0.05) is 6.92 Å². The first-order chi connectivity index (χ1) is 9.29. The molecular formula is C15H26N2OS. The van der Waals surface area contributed by atoms with Crippen molar-refractivity contribution >= 4 is 11.3 Å². The third kappa shape index (κ3) is 4.86. The van der Waals surface area contributed by atoms with Crippen LogP contribution in [0.3, 0.4) is 0 Å². The molecule has 0 aliphatic carbocycles. The Bertz CT molecular complexity index is 361. The van der Waals surface area contributed by atoms with Crippen LogP contribution in [0.15, 0.2) is 6.20 Å². The number of aryl methyl sites for hydroxylation is 1. The van der Waals surface area contributed by atoms with E-state index in [4.69, 9.17) is 4.74 Å². The highest BCUT2D eigenvalue weighted by Gasteiger charge is 2.17. The fourth-order valence-corrected chi connectivity index (χ4v) is 3.52. The fraction of sp³-hybridized carbons (Fsp3) is 0.800. The van der Waals surface area contributed by atoms with Gasteiger partial charge in [0.1, 0.15) is 0 Å². The highest BCUT2D eigenvalue weighted by molar-refractivity contribution is 7.11. The normalized spacial score (nSPS) is 20.8. The fourth-order valence-electron chi connectivity index (χ4n) is 2.62. The summed E-state index contributed by atoms with van der Waals surface area (Å²) in [5.41, 5.74) is 0. The zero-order valence-electron chi connectivity index (χ0n) is 12.2. The van der Waals surface area contributed by atoms with Crippen LogP contribution in [0.5, 0.6) is 0 Å². The molecule has 19 heavy (non-hydrogen) atoms. The van der Waals surface area contributed by atoms with Gasteiger partial charge in [0.05, 0.1) is 11.1 Å². The summed E-state index contributed by atoms with van der Waals surface area (Å²) in [5.74, 6) is 0. The standard InChI is InChI=1S/C15H26N2OS/c1-3-9-16-14(15-11-17-12(2)19-15)8-4-6-13-7-5-10-18-13/h11,13-14,16H,3-10H2,1-2H3. The van der Waals surface area contributed by atoms with Gasteiger partial charge in [-0.05, 0) is 52.0 Å². The molecule has 3 nitrogen and oxygen atoms in total. The van der Waals surface area contributed by atoms with Gasteiger partial charge in [-0.15, -0.1) is 11.3 Å². The number of hydrogen-bond donors (Lipinski definition) is 1. The molecule has 0 bridgehead atoms. The van der Waals surface area contributed by atoms with Crippen LogP contribution >= 0.6 is 11.3 Å². The van der Waals surface area contributed by atoms with Crippen LogP contribution in [0.25, 0.3) is 0 Å². The monoisotopic (exact) mass is 282 g/mol. The number of aromatic nitrogens is 1. The minimum atomic E-state index is 0.479. The zero-order valence-corrected chi connectivity index (χ0v) is 13.0. The first-order valence-corrected chi connectivity index (χ1v) is 8.38. The highest BCUT2D eigenvalue weighted by atomic mass is 32.1. The predicted octanol–water partition coefficient (Wildman–Crippen LogP) is 3.84. The average molecular weight is 282 g/mol. The summed E-state index contributed by atoms with van der Waals surface area (Å²) in [6.45, 7) is 6.35. The number of rotatable bonds is 8. The minimum Gasteiger partial charge on any atom is -0.378 e. The van der Waals surface area contributed by atoms with E-state index in [2.05, 4.69) is 24.1 Å². The maximum absolute atomic E-state index is 5.70. The third-order valence-electron chi connectivity index (χ3n) is 3.67. The van der Waals surface area contributed by atoms with Gasteiger partial charge in [-0.2, -0.15) is 0 Å². The smallest absolute Gasteiger partial charge is 0.0897 e. The van der Waals surface area contributed by atoms with E-state index >= 15 is 0 Å².